The molecule has 7 heteroatoms. The van der Waals surface area contributed by atoms with Gasteiger partial charge in [0.15, 0.2) is 0 Å². The third-order valence-electron chi connectivity index (χ3n) is 4.48. The molecule has 0 aliphatic carbocycles. The Balaban J connectivity index is 1.84. The Bertz CT molecular complexity index is 921. The summed E-state index contributed by atoms with van der Waals surface area (Å²) < 4.78 is 21.7. The third-order valence-corrected chi connectivity index (χ3v) is 4.79. The Morgan fingerprint density at radius 2 is 2.08 bits per heavy atom. The summed E-state index contributed by atoms with van der Waals surface area (Å²) in [5.41, 5.74) is 1.64. The molecule has 0 amide bonds. The number of benzene rings is 1. The average molecular weight is 361 g/mol. The minimum absolute atomic E-state index is 0.351. The number of nitrogens with one attached hydrogen (secondary N) is 1. The number of methoxy groups -OCH3 is 1. The van der Waals surface area contributed by atoms with E-state index in [9.17, 15) is 4.39 Å². The molecule has 1 saturated heterocycles. The molecule has 0 unspecified atom stereocenters. The molecule has 1 aliphatic heterocycles. The van der Waals surface area contributed by atoms with E-state index in [0.29, 0.717) is 21.9 Å². The lowest BCUT2D eigenvalue weighted by Crippen LogP contribution is -2.44. The van der Waals surface area contributed by atoms with Crippen molar-refractivity contribution in [2.45, 2.75) is 0 Å². The van der Waals surface area contributed by atoms with Gasteiger partial charge in [0.25, 0.3) is 0 Å². The van der Waals surface area contributed by atoms with Crippen molar-refractivity contribution in [1.82, 2.24) is 14.7 Å². The highest BCUT2D eigenvalue weighted by molar-refractivity contribution is 6.33. The van der Waals surface area contributed by atoms with E-state index in [2.05, 4.69) is 15.2 Å². The van der Waals surface area contributed by atoms with E-state index in [-0.39, 0.29) is 5.82 Å². The molecule has 0 bridgehead atoms. The standard InChI is InChI=1S/C18H18ClFN4O/c1-25-15-4-2-3-14(20)18(15)12-9-16-22-10-17(24(16)11-13(12)19)23-7-5-21-6-8-23/h2-4,9-11,21H,5-8H2,1H3. The van der Waals surface area contributed by atoms with Crippen LogP contribution in [0.4, 0.5) is 10.2 Å². The van der Waals surface area contributed by atoms with Crippen LogP contribution in [0.3, 0.4) is 0 Å². The fourth-order valence-corrected chi connectivity index (χ4v) is 3.49. The third kappa shape index (κ3) is 2.81. The van der Waals surface area contributed by atoms with Crippen molar-refractivity contribution in [3.05, 3.63) is 47.5 Å². The van der Waals surface area contributed by atoms with Crippen molar-refractivity contribution in [3.8, 4) is 16.9 Å². The van der Waals surface area contributed by atoms with Crippen LogP contribution >= 0.6 is 11.6 Å². The molecule has 1 N–H and O–H groups in total. The SMILES string of the molecule is COc1cccc(F)c1-c1cc2ncc(N3CCNCC3)n2cc1Cl. The number of hydrogen-bond acceptors (Lipinski definition) is 4. The first-order chi connectivity index (χ1) is 12.2. The van der Waals surface area contributed by atoms with Crippen LogP contribution in [0.25, 0.3) is 16.8 Å². The van der Waals surface area contributed by atoms with Crippen LogP contribution in [-0.4, -0.2) is 42.7 Å². The Hall–Kier alpha value is -2.31. The van der Waals surface area contributed by atoms with E-state index in [4.69, 9.17) is 16.3 Å². The summed E-state index contributed by atoms with van der Waals surface area (Å²) in [6.45, 7) is 3.69. The van der Waals surface area contributed by atoms with Gasteiger partial charge in [-0.1, -0.05) is 17.7 Å². The van der Waals surface area contributed by atoms with Gasteiger partial charge in [0.1, 0.15) is 23.0 Å². The zero-order valence-electron chi connectivity index (χ0n) is 13.8. The molecule has 1 aromatic carbocycles. The Morgan fingerprint density at radius 1 is 1.28 bits per heavy atom. The zero-order chi connectivity index (χ0) is 17.4. The summed E-state index contributed by atoms with van der Waals surface area (Å²) in [6, 6.07) is 6.53. The summed E-state index contributed by atoms with van der Waals surface area (Å²) in [4.78, 5) is 6.75. The fraction of sp³-hybridized carbons (Fsp3) is 0.278. The first kappa shape index (κ1) is 16.2. The minimum atomic E-state index is -0.375. The summed E-state index contributed by atoms with van der Waals surface area (Å²) in [6.07, 6.45) is 3.63. The number of imidazole rings is 1. The van der Waals surface area contributed by atoms with Gasteiger partial charge in [0.2, 0.25) is 0 Å². The lowest BCUT2D eigenvalue weighted by Gasteiger charge is -2.28. The van der Waals surface area contributed by atoms with E-state index >= 15 is 0 Å². The maximum Gasteiger partial charge on any atom is 0.139 e. The van der Waals surface area contributed by atoms with Crippen molar-refractivity contribution < 1.29 is 9.13 Å². The molecule has 3 aromatic rings. The molecule has 1 aliphatic rings. The number of hydrogen-bond donors (Lipinski definition) is 1. The average Bonchev–Trinajstić information content (AvgIpc) is 3.04. The van der Waals surface area contributed by atoms with Gasteiger partial charge < -0.3 is 15.0 Å². The molecule has 0 saturated carbocycles. The quantitative estimate of drug-likeness (QED) is 0.778. The monoisotopic (exact) mass is 360 g/mol. The molecule has 4 rings (SSSR count). The second kappa shape index (κ2) is 6.54. The van der Waals surface area contributed by atoms with E-state index < -0.39 is 0 Å². The zero-order valence-corrected chi connectivity index (χ0v) is 14.6. The number of piperazine rings is 1. The van der Waals surface area contributed by atoms with E-state index in [1.807, 2.05) is 10.6 Å². The number of rotatable bonds is 3. The van der Waals surface area contributed by atoms with Crippen molar-refractivity contribution in [2.24, 2.45) is 0 Å². The highest BCUT2D eigenvalue weighted by Gasteiger charge is 2.19. The van der Waals surface area contributed by atoms with Gasteiger partial charge in [-0.15, -0.1) is 0 Å². The van der Waals surface area contributed by atoms with E-state index in [0.717, 1.165) is 37.6 Å². The van der Waals surface area contributed by atoms with Gasteiger partial charge in [-0.2, -0.15) is 0 Å². The first-order valence-corrected chi connectivity index (χ1v) is 8.52. The molecule has 25 heavy (non-hydrogen) atoms. The first-order valence-electron chi connectivity index (χ1n) is 8.14. The Kier molecular flexibility index (Phi) is 4.23. The molecule has 3 heterocycles. The van der Waals surface area contributed by atoms with Gasteiger partial charge in [-0.25, -0.2) is 9.37 Å². The summed E-state index contributed by atoms with van der Waals surface area (Å²) in [5, 5.41) is 3.78. The predicted molar refractivity (Wildman–Crippen MR) is 97.2 cm³/mol. The van der Waals surface area contributed by atoms with Crippen LogP contribution < -0.4 is 15.0 Å². The van der Waals surface area contributed by atoms with Crippen LogP contribution in [0.15, 0.2) is 36.7 Å². The molecule has 1 fully saturated rings. The number of anilines is 1. The smallest absolute Gasteiger partial charge is 0.139 e. The minimum Gasteiger partial charge on any atom is -0.496 e. The van der Waals surface area contributed by atoms with E-state index in [1.165, 1.54) is 13.2 Å². The highest BCUT2D eigenvalue weighted by atomic mass is 35.5. The summed E-state index contributed by atoms with van der Waals surface area (Å²) in [5.74, 6) is 1.06. The van der Waals surface area contributed by atoms with Crippen molar-refractivity contribution >= 4 is 23.1 Å². The Morgan fingerprint density at radius 3 is 2.84 bits per heavy atom. The summed E-state index contributed by atoms with van der Waals surface area (Å²) in [7, 11) is 1.52. The van der Waals surface area contributed by atoms with Crippen molar-refractivity contribution in [2.75, 3.05) is 38.2 Å². The largest absolute Gasteiger partial charge is 0.496 e. The number of fused-ring (bicyclic) bond motifs is 1. The number of halogens is 2. The van der Waals surface area contributed by atoms with Gasteiger partial charge >= 0.3 is 0 Å². The molecule has 0 radical (unpaired) electrons. The van der Waals surface area contributed by atoms with Gasteiger partial charge in [0, 0.05) is 37.9 Å². The fourth-order valence-electron chi connectivity index (χ4n) is 3.24. The molecular weight excluding hydrogens is 343 g/mol. The van der Waals surface area contributed by atoms with Crippen molar-refractivity contribution in [1.29, 1.82) is 0 Å². The second-order valence-corrected chi connectivity index (χ2v) is 6.34. The van der Waals surface area contributed by atoms with Crippen LogP contribution in [-0.2, 0) is 0 Å². The molecule has 0 spiro atoms. The number of pyridine rings is 1. The van der Waals surface area contributed by atoms with Gasteiger partial charge in [0.05, 0.1) is 23.9 Å². The Labute approximate surface area is 150 Å². The number of aromatic nitrogens is 2. The van der Waals surface area contributed by atoms with Gasteiger partial charge in [-0.3, -0.25) is 4.40 Å². The lowest BCUT2D eigenvalue weighted by atomic mass is 10.0. The van der Waals surface area contributed by atoms with Gasteiger partial charge in [-0.05, 0) is 18.2 Å². The second-order valence-electron chi connectivity index (χ2n) is 5.93. The highest BCUT2D eigenvalue weighted by Crippen LogP contribution is 2.38. The van der Waals surface area contributed by atoms with Crippen molar-refractivity contribution in [3.63, 3.8) is 0 Å². The van der Waals surface area contributed by atoms with E-state index in [1.54, 1.807) is 24.4 Å². The molecule has 130 valence electrons. The lowest BCUT2D eigenvalue weighted by molar-refractivity contribution is 0.413. The molecular formula is C18H18ClFN4O. The van der Waals surface area contributed by atoms with Crippen LogP contribution in [0.2, 0.25) is 5.02 Å². The maximum atomic E-state index is 14.4. The predicted octanol–water partition coefficient (Wildman–Crippen LogP) is 3.21. The maximum absolute atomic E-state index is 14.4. The van der Waals surface area contributed by atoms with Crippen LogP contribution in [0.1, 0.15) is 0 Å². The normalized spacial score (nSPS) is 14.9. The molecule has 5 nitrogen and oxygen atoms in total. The number of nitrogens with zero attached hydrogens (tertiary/aromatic N) is 3. The topological polar surface area (TPSA) is 41.8 Å². The van der Waals surface area contributed by atoms with Crippen LogP contribution in [0, 0.1) is 5.82 Å². The molecule has 0 atom stereocenters. The van der Waals surface area contributed by atoms with Crippen LogP contribution in [0.5, 0.6) is 5.75 Å². The number of ether oxygens (including phenoxy) is 1. The summed E-state index contributed by atoms with van der Waals surface area (Å²) >= 11 is 6.50. The molecule has 2 aromatic heterocycles.